The molecular formula is C43H45N4+. The molecule has 0 fully saturated rings. The van der Waals surface area contributed by atoms with Gasteiger partial charge in [-0.1, -0.05) is 85.0 Å². The van der Waals surface area contributed by atoms with Crippen molar-refractivity contribution in [1.29, 1.82) is 0 Å². The Bertz CT molecular complexity index is 1780. The van der Waals surface area contributed by atoms with Crippen LogP contribution in [0.25, 0.3) is 5.57 Å². The van der Waals surface area contributed by atoms with E-state index in [1.807, 2.05) is 12.3 Å². The highest BCUT2D eigenvalue weighted by molar-refractivity contribution is 5.97. The summed E-state index contributed by atoms with van der Waals surface area (Å²) in [6.07, 6.45) is 25.7. The van der Waals surface area contributed by atoms with Gasteiger partial charge in [0.2, 0.25) is 0 Å². The molecule has 0 bridgehead atoms. The zero-order valence-corrected chi connectivity index (χ0v) is 27.6. The number of anilines is 5. The molecule has 0 spiro atoms. The number of para-hydroxylation sites is 5. The van der Waals surface area contributed by atoms with E-state index in [1.54, 1.807) is 0 Å². The van der Waals surface area contributed by atoms with Gasteiger partial charge in [0.25, 0.3) is 0 Å². The topological polar surface area (TPSA) is 22.4 Å². The molecule has 4 aromatic rings. The monoisotopic (exact) mass is 617 g/mol. The van der Waals surface area contributed by atoms with Crippen LogP contribution in [0.5, 0.6) is 0 Å². The second-order valence-electron chi connectivity index (χ2n) is 12.3. The van der Waals surface area contributed by atoms with Crippen molar-refractivity contribution in [1.82, 2.24) is 5.32 Å². The second-order valence-corrected chi connectivity index (χ2v) is 12.3. The molecule has 6 rings (SSSR count). The van der Waals surface area contributed by atoms with Crippen molar-refractivity contribution in [2.24, 2.45) is 5.41 Å². The Hall–Kier alpha value is -5.35. The molecule has 3 aromatic carbocycles. The van der Waals surface area contributed by atoms with Gasteiger partial charge in [0.1, 0.15) is 6.54 Å². The molecule has 0 saturated carbocycles. The molecule has 1 atom stereocenters. The maximum absolute atomic E-state index is 3.96. The van der Waals surface area contributed by atoms with Crippen molar-refractivity contribution < 1.29 is 4.57 Å². The van der Waals surface area contributed by atoms with Crippen LogP contribution in [-0.4, -0.2) is 13.1 Å². The number of pyridine rings is 1. The maximum atomic E-state index is 3.96. The predicted octanol–water partition coefficient (Wildman–Crippen LogP) is 10.1. The molecule has 1 aliphatic carbocycles. The fraction of sp³-hybridized carbons (Fsp3) is 0.186. The van der Waals surface area contributed by atoms with Crippen LogP contribution in [0.3, 0.4) is 0 Å². The van der Waals surface area contributed by atoms with Crippen LogP contribution < -0.4 is 19.7 Å². The Kier molecular flexibility index (Phi) is 9.98. The standard InChI is InChI=1S/C43H45N4/c1-4-36(24-29-44-34-35-16-15-27-43(3,5-2)28-23-35)37-25-32-45(33-26-37)30-13-14-31-46-39-19-9-11-21-41(39)47(38-17-7-6-8-18-38)42-22-12-10-20-40(42)46/h4-12,15-29,32-33,44H,2,13-14,30-31,34H2,1,3H3/q+1/b29-24-,36-4+. The lowest BCUT2D eigenvalue weighted by molar-refractivity contribution is -0.697. The molecule has 1 aliphatic heterocycles. The Labute approximate surface area is 280 Å². The Morgan fingerprint density at radius 1 is 0.830 bits per heavy atom. The second kappa shape index (κ2) is 14.8. The van der Waals surface area contributed by atoms with Crippen molar-refractivity contribution in [3.05, 3.63) is 176 Å². The minimum absolute atomic E-state index is 0.0898. The molecule has 4 heteroatoms. The molecule has 0 radical (unpaired) electrons. The summed E-state index contributed by atoms with van der Waals surface area (Å²) in [4.78, 5) is 4.88. The fourth-order valence-electron chi connectivity index (χ4n) is 6.20. The minimum atomic E-state index is -0.0898. The van der Waals surface area contributed by atoms with Gasteiger partial charge in [0.05, 0.1) is 22.7 Å². The quantitative estimate of drug-likeness (QED) is 0.0740. The van der Waals surface area contributed by atoms with Gasteiger partial charge >= 0.3 is 0 Å². The van der Waals surface area contributed by atoms with Gasteiger partial charge in [-0.3, -0.25) is 0 Å². The number of unbranched alkanes of at least 4 members (excludes halogenated alkanes) is 1. The van der Waals surface area contributed by atoms with E-state index in [2.05, 4.69) is 186 Å². The number of aromatic nitrogens is 1. The van der Waals surface area contributed by atoms with Crippen LogP contribution >= 0.6 is 0 Å². The molecule has 2 heterocycles. The summed E-state index contributed by atoms with van der Waals surface area (Å²) in [5, 5.41) is 3.45. The van der Waals surface area contributed by atoms with Crippen molar-refractivity contribution in [2.75, 3.05) is 22.9 Å². The van der Waals surface area contributed by atoms with E-state index in [0.29, 0.717) is 0 Å². The SMILES string of the molecule is C=CC1(C)C=CC=C(CN/C=C\C(=C/C)c2cc[n+](CCCCN3c4ccccc4N(c4ccccc4)c4ccccc43)cc2)C=C1. The van der Waals surface area contributed by atoms with Gasteiger partial charge in [0, 0.05) is 42.7 Å². The third-order valence-corrected chi connectivity index (χ3v) is 8.97. The van der Waals surface area contributed by atoms with Crippen LogP contribution in [0.1, 0.15) is 32.3 Å². The highest BCUT2D eigenvalue weighted by atomic mass is 15.3. The first kappa shape index (κ1) is 31.6. The summed E-state index contributed by atoms with van der Waals surface area (Å²) in [6.45, 7) is 10.9. The van der Waals surface area contributed by atoms with Crippen molar-refractivity contribution >= 4 is 34.0 Å². The number of aryl methyl sites for hydroxylation is 1. The number of benzene rings is 3. The third-order valence-electron chi connectivity index (χ3n) is 8.97. The van der Waals surface area contributed by atoms with Gasteiger partial charge in [-0.05, 0) is 85.7 Å². The zero-order valence-electron chi connectivity index (χ0n) is 27.6. The molecule has 0 amide bonds. The Morgan fingerprint density at radius 2 is 1.49 bits per heavy atom. The van der Waals surface area contributed by atoms with Crippen LogP contribution in [0.15, 0.2) is 170 Å². The first-order valence-corrected chi connectivity index (χ1v) is 16.7. The number of nitrogens with zero attached hydrogens (tertiary/aromatic N) is 3. The van der Waals surface area contributed by atoms with E-state index in [-0.39, 0.29) is 5.41 Å². The fourth-order valence-corrected chi connectivity index (χ4v) is 6.20. The smallest absolute Gasteiger partial charge is 0.169 e. The molecule has 1 aromatic heterocycles. The number of hydrogen-bond acceptors (Lipinski definition) is 3. The number of fused-ring (bicyclic) bond motifs is 2. The lowest BCUT2D eigenvalue weighted by Crippen LogP contribution is -2.33. The van der Waals surface area contributed by atoms with Gasteiger partial charge in [-0.15, -0.1) is 6.58 Å². The first-order chi connectivity index (χ1) is 23.1. The van der Waals surface area contributed by atoms with Gasteiger partial charge in [-0.25, -0.2) is 4.57 Å². The Balaban J connectivity index is 1.04. The van der Waals surface area contributed by atoms with E-state index in [4.69, 9.17) is 0 Å². The third kappa shape index (κ3) is 7.39. The average Bonchev–Trinajstić information content (AvgIpc) is 3.31. The van der Waals surface area contributed by atoms with Crippen molar-refractivity contribution in [2.45, 2.75) is 33.2 Å². The average molecular weight is 618 g/mol. The number of nitrogens with one attached hydrogen (secondary N) is 1. The predicted molar refractivity (Wildman–Crippen MR) is 199 cm³/mol. The highest BCUT2D eigenvalue weighted by Crippen LogP contribution is 2.51. The summed E-state index contributed by atoms with van der Waals surface area (Å²) in [5.41, 5.74) is 9.68. The van der Waals surface area contributed by atoms with Gasteiger partial charge < -0.3 is 15.1 Å². The maximum Gasteiger partial charge on any atom is 0.169 e. The van der Waals surface area contributed by atoms with Crippen molar-refractivity contribution in [3.8, 4) is 0 Å². The molecule has 0 saturated heterocycles. The van der Waals surface area contributed by atoms with Crippen molar-refractivity contribution in [3.63, 3.8) is 0 Å². The molecule has 4 nitrogen and oxygen atoms in total. The van der Waals surface area contributed by atoms with Crippen LogP contribution in [0, 0.1) is 5.41 Å². The number of hydrogen-bond donors (Lipinski definition) is 1. The summed E-state index contributed by atoms with van der Waals surface area (Å²) < 4.78 is 2.30. The van der Waals surface area contributed by atoms with E-state index in [0.717, 1.165) is 32.5 Å². The van der Waals surface area contributed by atoms with Crippen LogP contribution in [-0.2, 0) is 6.54 Å². The molecular weight excluding hydrogens is 573 g/mol. The molecule has 2 aliphatic rings. The normalized spacial score (nSPS) is 17.2. The highest BCUT2D eigenvalue weighted by Gasteiger charge is 2.28. The largest absolute Gasteiger partial charge is 0.387 e. The number of rotatable bonds is 12. The van der Waals surface area contributed by atoms with Crippen LogP contribution in [0.4, 0.5) is 28.4 Å². The van der Waals surface area contributed by atoms with Gasteiger partial charge in [0.15, 0.2) is 12.4 Å². The Morgan fingerprint density at radius 3 is 2.15 bits per heavy atom. The minimum Gasteiger partial charge on any atom is -0.387 e. The van der Waals surface area contributed by atoms with E-state index >= 15 is 0 Å². The lowest BCUT2D eigenvalue weighted by atomic mass is 9.90. The summed E-state index contributed by atoms with van der Waals surface area (Å²) >= 11 is 0. The van der Waals surface area contributed by atoms with E-state index < -0.39 is 0 Å². The summed E-state index contributed by atoms with van der Waals surface area (Å²) in [5.74, 6) is 0. The molecule has 1 unspecified atom stereocenters. The summed E-state index contributed by atoms with van der Waals surface area (Å²) in [7, 11) is 0. The number of allylic oxidation sites excluding steroid dienone is 8. The summed E-state index contributed by atoms with van der Waals surface area (Å²) in [6, 6.07) is 32.6. The van der Waals surface area contributed by atoms with E-state index in [9.17, 15) is 0 Å². The molecule has 47 heavy (non-hydrogen) atoms. The van der Waals surface area contributed by atoms with Gasteiger partial charge in [-0.2, -0.15) is 0 Å². The zero-order chi connectivity index (χ0) is 32.5. The first-order valence-electron chi connectivity index (χ1n) is 16.7. The molecule has 236 valence electrons. The van der Waals surface area contributed by atoms with Crippen LogP contribution in [0.2, 0.25) is 0 Å². The van der Waals surface area contributed by atoms with E-state index in [1.165, 1.54) is 45.1 Å². The lowest BCUT2D eigenvalue weighted by Gasteiger charge is -2.40. The molecule has 1 N–H and O–H groups in total.